The zero-order chi connectivity index (χ0) is 20.5. The van der Waals surface area contributed by atoms with Crippen molar-refractivity contribution in [3.63, 3.8) is 0 Å². The molecule has 3 aliphatic carbocycles. The van der Waals surface area contributed by atoms with Gasteiger partial charge in [-0.05, 0) is 59.0 Å². The Morgan fingerprint density at radius 2 is 1.86 bits per heavy atom. The molecule has 3 atom stereocenters. The highest BCUT2D eigenvalue weighted by Gasteiger charge is 2.60. The molecule has 1 saturated carbocycles. The van der Waals surface area contributed by atoms with Crippen molar-refractivity contribution < 1.29 is 34.8 Å². The quantitative estimate of drug-likeness (QED) is 0.286. The van der Waals surface area contributed by atoms with E-state index in [4.69, 9.17) is 5.73 Å². The lowest BCUT2D eigenvalue weighted by Gasteiger charge is -2.46. The fourth-order valence-electron chi connectivity index (χ4n) is 4.58. The Hall–Kier alpha value is -2.40. The van der Waals surface area contributed by atoms with E-state index in [-0.39, 0.29) is 29.7 Å². The van der Waals surface area contributed by atoms with Crippen LogP contribution in [0.4, 0.5) is 0 Å². The molecule has 3 aliphatic rings. The SMILES string of the molecule is NC(=O)C1=C(O)[C@@]2(O)C(=O)C3=C(O)c4c(O)ccc(I)c4C[C@@H]3C[C@@H]2CC1=O. The number of nitrogens with two attached hydrogens (primary N) is 1. The van der Waals surface area contributed by atoms with Crippen LogP contribution in [0.3, 0.4) is 0 Å². The van der Waals surface area contributed by atoms with Crippen molar-refractivity contribution in [1.29, 1.82) is 0 Å². The third-order valence-electron chi connectivity index (χ3n) is 5.89. The van der Waals surface area contributed by atoms with Crippen molar-refractivity contribution in [3.8, 4) is 5.75 Å². The van der Waals surface area contributed by atoms with Gasteiger partial charge in [-0.3, -0.25) is 14.4 Å². The molecule has 1 amide bonds. The maximum absolute atomic E-state index is 13.2. The summed E-state index contributed by atoms with van der Waals surface area (Å²) in [7, 11) is 0. The topological polar surface area (TPSA) is 158 Å². The highest BCUT2D eigenvalue weighted by Crippen LogP contribution is 2.52. The van der Waals surface area contributed by atoms with E-state index >= 15 is 0 Å². The van der Waals surface area contributed by atoms with Crippen LogP contribution in [0.25, 0.3) is 5.76 Å². The molecule has 1 aromatic rings. The van der Waals surface area contributed by atoms with Crippen LogP contribution in [0.2, 0.25) is 0 Å². The number of halogens is 1. The predicted molar refractivity (Wildman–Crippen MR) is 104 cm³/mol. The molecule has 28 heavy (non-hydrogen) atoms. The van der Waals surface area contributed by atoms with E-state index in [0.29, 0.717) is 12.0 Å². The Labute approximate surface area is 172 Å². The van der Waals surface area contributed by atoms with Crippen LogP contribution in [0.15, 0.2) is 29.0 Å². The number of amides is 1. The molecule has 0 heterocycles. The van der Waals surface area contributed by atoms with Crippen molar-refractivity contribution in [2.75, 3.05) is 0 Å². The van der Waals surface area contributed by atoms with Gasteiger partial charge in [-0.15, -0.1) is 0 Å². The van der Waals surface area contributed by atoms with Gasteiger partial charge in [0.05, 0.1) is 5.56 Å². The number of rotatable bonds is 1. The first-order valence-corrected chi connectivity index (χ1v) is 9.64. The van der Waals surface area contributed by atoms with Crippen LogP contribution in [0.1, 0.15) is 24.0 Å². The third-order valence-corrected chi connectivity index (χ3v) is 6.90. The van der Waals surface area contributed by atoms with Gasteiger partial charge >= 0.3 is 0 Å². The van der Waals surface area contributed by atoms with Crippen LogP contribution in [-0.2, 0) is 20.8 Å². The molecule has 0 radical (unpaired) electrons. The second kappa shape index (κ2) is 6.05. The second-order valence-corrected chi connectivity index (χ2v) is 8.49. The molecular formula is C19H16INO7. The minimum atomic E-state index is -2.52. The van der Waals surface area contributed by atoms with E-state index in [2.05, 4.69) is 22.6 Å². The van der Waals surface area contributed by atoms with Crippen molar-refractivity contribution in [2.45, 2.75) is 24.9 Å². The summed E-state index contributed by atoms with van der Waals surface area (Å²) in [6, 6.07) is 3.08. The molecule has 9 heteroatoms. The molecule has 1 fully saturated rings. The van der Waals surface area contributed by atoms with Crippen LogP contribution < -0.4 is 5.73 Å². The summed E-state index contributed by atoms with van der Waals surface area (Å²) in [4.78, 5) is 37.0. The standard InChI is InChI=1S/C19H16INO7/c20-9-1-2-10(22)13-8(9)4-6-3-7-5-11(23)14(18(21)27)17(26)19(7,28)16(25)12(6)15(13)24/h1-2,6-7,22,24,26,28H,3-5H2,(H2,21,27)/t6-,7+,19-/m0/s1. The number of primary amides is 1. The van der Waals surface area contributed by atoms with Crippen LogP contribution in [0, 0.1) is 15.4 Å². The number of fused-ring (bicyclic) bond motifs is 3. The van der Waals surface area contributed by atoms with Crippen molar-refractivity contribution in [2.24, 2.45) is 17.6 Å². The summed E-state index contributed by atoms with van der Waals surface area (Å²) in [5, 5.41) is 42.5. The number of benzene rings is 1. The van der Waals surface area contributed by atoms with Crippen LogP contribution >= 0.6 is 22.6 Å². The molecule has 146 valence electrons. The number of aliphatic hydroxyl groups is 3. The van der Waals surface area contributed by atoms with Crippen LogP contribution in [-0.4, -0.2) is 43.5 Å². The maximum Gasteiger partial charge on any atom is 0.255 e. The lowest BCUT2D eigenvalue weighted by Crippen LogP contribution is -2.58. The van der Waals surface area contributed by atoms with E-state index < -0.39 is 52.0 Å². The first kappa shape index (κ1) is 18.9. The van der Waals surface area contributed by atoms with Gasteiger partial charge in [-0.2, -0.15) is 0 Å². The molecule has 0 saturated heterocycles. The maximum atomic E-state index is 13.2. The summed E-state index contributed by atoms with van der Waals surface area (Å²) in [5.41, 5.74) is 2.47. The average Bonchev–Trinajstić information content (AvgIpc) is 2.61. The summed E-state index contributed by atoms with van der Waals surface area (Å²) in [6.45, 7) is 0. The third kappa shape index (κ3) is 2.29. The van der Waals surface area contributed by atoms with Gasteiger partial charge in [0.25, 0.3) is 5.91 Å². The lowest BCUT2D eigenvalue weighted by atomic mass is 9.59. The molecule has 6 N–H and O–H groups in total. The highest BCUT2D eigenvalue weighted by atomic mass is 127. The largest absolute Gasteiger partial charge is 0.508 e. The molecule has 4 rings (SSSR count). The number of carbonyl (C=O) groups is 3. The first-order valence-electron chi connectivity index (χ1n) is 8.56. The fourth-order valence-corrected chi connectivity index (χ4v) is 5.25. The second-order valence-electron chi connectivity index (χ2n) is 7.33. The van der Waals surface area contributed by atoms with Crippen molar-refractivity contribution >= 4 is 45.8 Å². The molecule has 0 aromatic heterocycles. The minimum absolute atomic E-state index is 0.110. The Kier molecular flexibility index (Phi) is 4.09. The van der Waals surface area contributed by atoms with Crippen molar-refractivity contribution in [3.05, 3.63) is 43.7 Å². The summed E-state index contributed by atoms with van der Waals surface area (Å²) in [5.74, 6) is -6.15. The van der Waals surface area contributed by atoms with Gasteiger partial charge in [-0.1, -0.05) is 0 Å². The molecule has 0 bridgehead atoms. The van der Waals surface area contributed by atoms with E-state index in [0.717, 1.165) is 3.57 Å². The highest BCUT2D eigenvalue weighted by molar-refractivity contribution is 14.1. The first-order chi connectivity index (χ1) is 13.1. The van der Waals surface area contributed by atoms with E-state index in [1.165, 1.54) is 6.07 Å². The van der Waals surface area contributed by atoms with E-state index in [1.807, 2.05) is 0 Å². The van der Waals surface area contributed by atoms with Gasteiger partial charge in [0.2, 0.25) is 5.78 Å². The number of carbonyl (C=O) groups excluding carboxylic acids is 3. The van der Waals surface area contributed by atoms with Gasteiger partial charge in [-0.25, -0.2) is 0 Å². The smallest absolute Gasteiger partial charge is 0.255 e. The summed E-state index contributed by atoms with van der Waals surface area (Å²) in [6.07, 6.45) is 0.134. The molecule has 0 spiro atoms. The van der Waals surface area contributed by atoms with Gasteiger partial charge in [0, 0.05) is 21.5 Å². The number of hydrogen-bond acceptors (Lipinski definition) is 7. The number of aromatic hydroxyl groups is 1. The lowest BCUT2D eigenvalue weighted by molar-refractivity contribution is -0.147. The summed E-state index contributed by atoms with van der Waals surface area (Å²) >= 11 is 2.06. The zero-order valence-electron chi connectivity index (χ0n) is 14.4. The Balaban J connectivity index is 1.95. The Morgan fingerprint density at radius 3 is 2.50 bits per heavy atom. The number of Topliss-reactive ketones (excluding diaryl/α,β-unsaturated/α-hetero) is 2. The average molecular weight is 497 g/mol. The number of aliphatic hydroxyl groups excluding tert-OH is 2. The number of hydrogen-bond donors (Lipinski definition) is 5. The molecule has 8 nitrogen and oxygen atoms in total. The Morgan fingerprint density at radius 1 is 1.18 bits per heavy atom. The monoisotopic (exact) mass is 497 g/mol. The molecule has 1 aromatic carbocycles. The fraction of sp³-hybridized carbons (Fsp3) is 0.316. The normalized spacial score (nSPS) is 29.4. The molecular weight excluding hydrogens is 481 g/mol. The summed E-state index contributed by atoms with van der Waals surface area (Å²) < 4.78 is 0.794. The van der Waals surface area contributed by atoms with Gasteiger partial charge < -0.3 is 26.2 Å². The number of phenols is 1. The van der Waals surface area contributed by atoms with Gasteiger partial charge in [0.15, 0.2) is 11.4 Å². The molecule has 0 unspecified atom stereocenters. The van der Waals surface area contributed by atoms with Crippen LogP contribution in [0.5, 0.6) is 5.75 Å². The van der Waals surface area contributed by atoms with Gasteiger partial charge in [0.1, 0.15) is 22.8 Å². The van der Waals surface area contributed by atoms with Crippen molar-refractivity contribution in [1.82, 2.24) is 0 Å². The predicted octanol–water partition coefficient (Wildman–Crippen LogP) is 1.03. The van der Waals surface area contributed by atoms with E-state index in [1.54, 1.807) is 6.07 Å². The van der Waals surface area contributed by atoms with E-state index in [9.17, 15) is 34.8 Å². The number of ketones is 2. The number of phenolic OH excluding ortho intramolecular Hbond substituents is 1. The Bertz CT molecular complexity index is 1040. The molecule has 0 aliphatic heterocycles. The minimum Gasteiger partial charge on any atom is -0.508 e. The zero-order valence-corrected chi connectivity index (χ0v) is 16.6.